The van der Waals surface area contributed by atoms with Crippen molar-refractivity contribution in [2.24, 2.45) is 0 Å². The molecular formula is C29H33NO4. The smallest absolute Gasteiger partial charge is 0.254 e. The molecule has 0 atom stereocenters. The molecule has 0 radical (unpaired) electrons. The van der Waals surface area contributed by atoms with Gasteiger partial charge in [-0.2, -0.15) is 0 Å². The van der Waals surface area contributed by atoms with Crippen molar-refractivity contribution in [3.63, 3.8) is 0 Å². The first-order valence-corrected chi connectivity index (χ1v) is 11.6. The third-order valence-corrected chi connectivity index (χ3v) is 6.47. The Morgan fingerprint density at radius 1 is 0.882 bits per heavy atom. The van der Waals surface area contributed by atoms with Crippen LogP contribution in [0.1, 0.15) is 53.4 Å². The molecule has 178 valence electrons. The predicted molar refractivity (Wildman–Crippen MR) is 134 cm³/mol. The van der Waals surface area contributed by atoms with Crippen molar-refractivity contribution in [2.75, 3.05) is 20.8 Å². The molecule has 1 aliphatic rings. The van der Waals surface area contributed by atoms with Gasteiger partial charge in [0.05, 0.1) is 14.2 Å². The zero-order chi connectivity index (χ0) is 24.5. The molecule has 1 amide bonds. The molecule has 5 nitrogen and oxygen atoms in total. The Hall–Kier alpha value is -3.47. The van der Waals surface area contributed by atoms with Crippen molar-refractivity contribution < 1.29 is 19.0 Å². The summed E-state index contributed by atoms with van der Waals surface area (Å²) in [5, 5.41) is 0. The molecule has 1 aliphatic heterocycles. The predicted octanol–water partition coefficient (Wildman–Crippen LogP) is 6.30. The third-order valence-electron chi connectivity index (χ3n) is 6.47. The van der Waals surface area contributed by atoms with Gasteiger partial charge in [-0.25, -0.2) is 0 Å². The number of hydrogen-bond acceptors (Lipinski definition) is 4. The van der Waals surface area contributed by atoms with Gasteiger partial charge < -0.3 is 19.1 Å². The van der Waals surface area contributed by atoms with Crippen molar-refractivity contribution in [1.29, 1.82) is 0 Å². The molecule has 0 aromatic heterocycles. The van der Waals surface area contributed by atoms with E-state index in [1.165, 1.54) is 11.1 Å². The molecule has 0 saturated carbocycles. The summed E-state index contributed by atoms with van der Waals surface area (Å²) < 4.78 is 17.0. The lowest BCUT2D eigenvalue weighted by Gasteiger charge is -2.30. The van der Waals surface area contributed by atoms with Crippen LogP contribution in [0.15, 0.2) is 54.6 Å². The van der Waals surface area contributed by atoms with Crippen LogP contribution in [-0.4, -0.2) is 31.6 Å². The van der Waals surface area contributed by atoms with Crippen LogP contribution >= 0.6 is 0 Å². The van der Waals surface area contributed by atoms with Gasteiger partial charge in [0.15, 0.2) is 11.5 Å². The third kappa shape index (κ3) is 4.74. The second-order valence-electron chi connectivity index (χ2n) is 9.76. The lowest BCUT2D eigenvalue weighted by Crippen LogP contribution is -2.36. The average Bonchev–Trinajstić information content (AvgIpc) is 2.83. The summed E-state index contributed by atoms with van der Waals surface area (Å²) >= 11 is 0. The first kappa shape index (κ1) is 23.7. The molecule has 3 aromatic carbocycles. The zero-order valence-electron chi connectivity index (χ0n) is 20.9. The Morgan fingerprint density at radius 3 is 2.15 bits per heavy atom. The molecule has 1 heterocycles. The van der Waals surface area contributed by atoms with E-state index < -0.39 is 0 Å². The second kappa shape index (κ2) is 9.41. The summed E-state index contributed by atoms with van der Waals surface area (Å²) in [5.41, 5.74) is 5.11. The zero-order valence-corrected chi connectivity index (χ0v) is 20.9. The Bertz CT molecular complexity index is 1190. The van der Waals surface area contributed by atoms with Crippen LogP contribution in [-0.2, 0) is 18.4 Å². The molecule has 0 spiro atoms. The Kier molecular flexibility index (Phi) is 6.56. The van der Waals surface area contributed by atoms with Crippen LogP contribution in [0.5, 0.6) is 23.0 Å². The van der Waals surface area contributed by atoms with Crippen LogP contribution in [0, 0.1) is 6.92 Å². The highest BCUT2D eigenvalue weighted by Gasteiger charge is 2.25. The lowest BCUT2D eigenvalue weighted by molar-refractivity contribution is 0.0733. The number of benzene rings is 3. The fourth-order valence-corrected chi connectivity index (χ4v) is 4.33. The standard InChI is InChI=1S/C29H33NO4/c1-19-24(8-7-9-25(19)34-23-12-10-22(11-13-23)29(2,3)4)28(31)30-15-14-20-16-26(32-5)27(33-6)17-21(20)18-30/h7-13,16-17H,14-15,18H2,1-6H3. The first-order valence-electron chi connectivity index (χ1n) is 11.6. The Morgan fingerprint density at radius 2 is 1.53 bits per heavy atom. The number of fused-ring (bicyclic) bond motifs is 1. The van der Waals surface area contributed by atoms with E-state index in [1.807, 2.05) is 54.3 Å². The van der Waals surface area contributed by atoms with Gasteiger partial charge in [-0.05, 0) is 71.8 Å². The largest absolute Gasteiger partial charge is 0.493 e. The first-order chi connectivity index (χ1) is 16.2. The summed E-state index contributed by atoms with van der Waals surface area (Å²) in [7, 11) is 3.27. The molecule has 0 aliphatic carbocycles. The molecule has 0 fully saturated rings. The van der Waals surface area contributed by atoms with E-state index in [1.54, 1.807) is 14.2 Å². The number of amides is 1. The summed E-state index contributed by atoms with van der Waals surface area (Å²) in [5.74, 6) is 2.86. The maximum Gasteiger partial charge on any atom is 0.254 e. The van der Waals surface area contributed by atoms with E-state index >= 15 is 0 Å². The molecular weight excluding hydrogens is 426 g/mol. The molecule has 34 heavy (non-hydrogen) atoms. The second-order valence-corrected chi connectivity index (χ2v) is 9.76. The van der Waals surface area contributed by atoms with Gasteiger partial charge in [0.1, 0.15) is 11.5 Å². The molecule has 0 saturated heterocycles. The summed E-state index contributed by atoms with van der Waals surface area (Å²) in [6.07, 6.45) is 0.775. The lowest BCUT2D eigenvalue weighted by atomic mass is 9.87. The Labute approximate surface area is 202 Å². The van der Waals surface area contributed by atoms with E-state index in [4.69, 9.17) is 14.2 Å². The fourth-order valence-electron chi connectivity index (χ4n) is 4.33. The van der Waals surface area contributed by atoms with E-state index in [0.717, 1.165) is 29.0 Å². The van der Waals surface area contributed by atoms with Gasteiger partial charge in [-0.3, -0.25) is 4.79 Å². The van der Waals surface area contributed by atoms with Crippen molar-refractivity contribution in [2.45, 2.75) is 46.1 Å². The highest BCUT2D eigenvalue weighted by atomic mass is 16.5. The van der Waals surface area contributed by atoms with Gasteiger partial charge in [-0.1, -0.05) is 39.0 Å². The molecule has 5 heteroatoms. The number of hydrogen-bond donors (Lipinski definition) is 0. The SMILES string of the molecule is COc1cc2c(cc1OC)CN(C(=O)c1cccc(Oc3ccc(C(C)(C)C)cc3)c1C)CC2. The molecule has 0 bridgehead atoms. The van der Waals surface area contributed by atoms with Crippen molar-refractivity contribution in [1.82, 2.24) is 4.90 Å². The number of methoxy groups -OCH3 is 2. The van der Waals surface area contributed by atoms with Crippen LogP contribution in [0.4, 0.5) is 0 Å². The maximum absolute atomic E-state index is 13.5. The highest BCUT2D eigenvalue weighted by molar-refractivity contribution is 5.96. The van der Waals surface area contributed by atoms with Crippen molar-refractivity contribution in [3.05, 3.63) is 82.4 Å². The highest BCUT2D eigenvalue weighted by Crippen LogP contribution is 2.35. The van der Waals surface area contributed by atoms with Gasteiger partial charge in [0.25, 0.3) is 5.91 Å². The normalized spacial score (nSPS) is 13.3. The number of carbonyl (C=O) groups excluding carboxylic acids is 1. The topological polar surface area (TPSA) is 48.0 Å². The monoisotopic (exact) mass is 459 g/mol. The van der Waals surface area contributed by atoms with E-state index in [2.05, 4.69) is 32.9 Å². The van der Waals surface area contributed by atoms with Gasteiger partial charge in [0.2, 0.25) is 0 Å². The minimum Gasteiger partial charge on any atom is -0.493 e. The number of nitrogens with zero attached hydrogens (tertiary/aromatic N) is 1. The van der Waals surface area contributed by atoms with Crippen LogP contribution in [0.2, 0.25) is 0 Å². The number of ether oxygens (including phenoxy) is 3. The van der Waals surface area contributed by atoms with Crippen molar-refractivity contribution >= 4 is 5.91 Å². The number of carbonyl (C=O) groups is 1. The quantitative estimate of drug-likeness (QED) is 0.449. The minimum absolute atomic E-state index is 0.00599. The molecule has 3 aromatic rings. The summed E-state index contributed by atoms with van der Waals surface area (Å²) in [4.78, 5) is 15.4. The Balaban J connectivity index is 1.54. The molecule has 4 rings (SSSR count). The van der Waals surface area contributed by atoms with Crippen molar-refractivity contribution in [3.8, 4) is 23.0 Å². The fraction of sp³-hybridized carbons (Fsp3) is 0.345. The van der Waals surface area contributed by atoms with E-state index in [-0.39, 0.29) is 11.3 Å². The van der Waals surface area contributed by atoms with Crippen LogP contribution < -0.4 is 14.2 Å². The average molecular weight is 460 g/mol. The minimum atomic E-state index is 0.00599. The molecule has 0 N–H and O–H groups in total. The summed E-state index contributed by atoms with van der Waals surface area (Å²) in [6.45, 7) is 9.69. The van der Waals surface area contributed by atoms with Gasteiger partial charge >= 0.3 is 0 Å². The van der Waals surface area contributed by atoms with Gasteiger partial charge in [0, 0.05) is 24.2 Å². The van der Waals surface area contributed by atoms with E-state index in [9.17, 15) is 4.79 Å². The van der Waals surface area contributed by atoms with E-state index in [0.29, 0.717) is 30.2 Å². The van der Waals surface area contributed by atoms with Gasteiger partial charge in [-0.15, -0.1) is 0 Å². The van der Waals surface area contributed by atoms with Crippen LogP contribution in [0.25, 0.3) is 0 Å². The van der Waals surface area contributed by atoms with Crippen LogP contribution in [0.3, 0.4) is 0 Å². The number of rotatable bonds is 5. The molecule has 0 unspecified atom stereocenters. The maximum atomic E-state index is 13.5. The summed E-state index contributed by atoms with van der Waals surface area (Å²) in [6, 6.07) is 17.8.